The summed E-state index contributed by atoms with van der Waals surface area (Å²) in [6, 6.07) is 24.1. The molecule has 0 aliphatic heterocycles. The molecule has 32 heavy (non-hydrogen) atoms. The average Bonchev–Trinajstić information content (AvgIpc) is 2.79. The molecule has 0 saturated heterocycles. The fourth-order valence-electron chi connectivity index (χ4n) is 2.84. The van der Waals surface area contributed by atoms with Crippen LogP contribution in [0.5, 0.6) is 34.5 Å². The van der Waals surface area contributed by atoms with E-state index in [2.05, 4.69) is 11.8 Å². The van der Waals surface area contributed by atoms with E-state index in [1.165, 1.54) is 12.1 Å². The molecule has 0 fully saturated rings. The number of anilines is 2. The molecule has 0 saturated carbocycles. The minimum absolute atomic E-state index is 0.0845. The molecule has 158 valence electrons. The second-order valence-corrected chi connectivity index (χ2v) is 6.92. The van der Waals surface area contributed by atoms with Gasteiger partial charge in [0.2, 0.25) is 0 Å². The molecule has 0 spiro atoms. The number of phenolic OH excluding ortho intramolecular Hbond substituents is 2. The summed E-state index contributed by atoms with van der Waals surface area (Å²) in [5.41, 5.74) is 13.4. The predicted octanol–water partition coefficient (Wildman–Crippen LogP) is 5.25. The van der Waals surface area contributed by atoms with E-state index in [1.807, 2.05) is 30.3 Å². The minimum atomic E-state index is -0.0894. The Bertz CT molecular complexity index is 1320. The van der Waals surface area contributed by atoms with Crippen molar-refractivity contribution >= 4 is 11.4 Å². The van der Waals surface area contributed by atoms with Gasteiger partial charge in [-0.15, -0.1) is 0 Å². The molecule has 0 atom stereocenters. The van der Waals surface area contributed by atoms with Crippen LogP contribution in [0.3, 0.4) is 0 Å². The van der Waals surface area contributed by atoms with Crippen molar-refractivity contribution in [1.29, 1.82) is 0 Å². The number of rotatable bonds is 4. The number of aromatic hydroxyl groups is 2. The highest BCUT2D eigenvalue weighted by Crippen LogP contribution is 2.38. The Kier molecular flexibility index (Phi) is 5.73. The Balaban J connectivity index is 1.69. The summed E-state index contributed by atoms with van der Waals surface area (Å²) in [6.07, 6.45) is 0. The first kappa shape index (κ1) is 20.5. The normalized spacial score (nSPS) is 10.1. The monoisotopic (exact) mass is 424 g/mol. The van der Waals surface area contributed by atoms with E-state index in [0.29, 0.717) is 28.6 Å². The molecular weight excluding hydrogens is 404 g/mol. The maximum atomic E-state index is 9.91. The molecule has 4 aromatic rings. The molecule has 0 radical (unpaired) electrons. The van der Waals surface area contributed by atoms with Gasteiger partial charge in [0.25, 0.3) is 0 Å². The van der Waals surface area contributed by atoms with Crippen LogP contribution in [-0.2, 0) is 0 Å². The summed E-state index contributed by atoms with van der Waals surface area (Å²) in [5, 5.41) is 19.8. The van der Waals surface area contributed by atoms with E-state index in [1.54, 1.807) is 42.5 Å². The highest BCUT2D eigenvalue weighted by atomic mass is 16.5. The van der Waals surface area contributed by atoms with Gasteiger partial charge in [-0.1, -0.05) is 30.0 Å². The van der Waals surface area contributed by atoms with Crippen LogP contribution in [0.4, 0.5) is 11.4 Å². The molecule has 0 amide bonds. The molecule has 6 nitrogen and oxygen atoms in total. The SMILES string of the molecule is Nc1ccc(Oc2ccc(C#Cc3ccccc3)cc2Oc2ccc(N)c(O)c2)cc1O. The van der Waals surface area contributed by atoms with E-state index in [4.69, 9.17) is 20.9 Å². The standard InChI is InChI=1S/C26H20N2O4/c27-21-11-9-19(15-23(21)29)31-25-13-8-18(7-6-17-4-2-1-3-5-17)14-26(25)32-20-10-12-22(28)24(30)16-20/h1-5,8-16,29-30H,27-28H2. The highest BCUT2D eigenvalue weighted by molar-refractivity contribution is 5.58. The second-order valence-electron chi connectivity index (χ2n) is 6.92. The van der Waals surface area contributed by atoms with E-state index >= 15 is 0 Å². The first-order valence-electron chi connectivity index (χ1n) is 9.72. The van der Waals surface area contributed by atoms with Crippen LogP contribution in [0.25, 0.3) is 0 Å². The van der Waals surface area contributed by atoms with Crippen LogP contribution in [-0.4, -0.2) is 10.2 Å². The van der Waals surface area contributed by atoms with Crippen molar-refractivity contribution in [2.45, 2.75) is 0 Å². The van der Waals surface area contributed by atoms with Crippen molar-refractivity contribution in [2.24, 2.45) is 0 Å². The molecule has 4 rings (SSSR count). The zero-order chi connectivity index (χ0) is 22.5. The topological polar surface area (TPSA) is 111 Å². The largest absolute Gasteiger partial charge is 0.506 e. The molecule has 0 heterocycles. The van der Waals surface area contributed by atoms with E-state index in [9.17, 15) is 10.2 Å². The number of hydrogen-bond donors (Lipinski definition) is 4. The summed E-state index contributed by atoms with van der Waals surface area (Å²) >= 11 is 0. The van der Waals surface area contributed by atoms with Crippen molar-refractivity contribution in [2.75, 3.05) is 11.5 Å². The van der Waals surface area contributed by atoms with Crippen molar-refractivity contribution < 1.29 is 19.7 Å². The first-order valence-corrected chi connectivity index (χ1v) is 9.72. The van der Waals surface area contributed by atoms with Gasteiger partial charge in [-0.05, 0) is 48.5 Å². The third-order valence-corrected chi connectivity index (χ3v) is 4.53. The van der Waals surface area contributed by atoms with Gasteiger partial charge in [0.1, 0.15) is 23.0 Å². The summed E-state index contributed by atoms with van der Waals surface area (Å²) in [7, 11) is 0. The van der Waals surface area contributed by atoms with Gasteiger partial charge in [0.15, 0.2) is 11.5 Å². The minimum Gasteiger partial charge on any atom is -0.506 e. The van der Waals surface area contributed by atoms with E-state index < -0.39 is 0 Å². The van der Waals surface area contributed by atoms with Gasteiger partial charge in [-0.2, -0.15) is 0 Å². The molecule has 0 aliphatic rings. The molecular formula is C26H20N2O4. The summed E-state index contributed by atoms with van der Waals surface area (Å²) in [5.74, 6) is 7.53. The van der Waals surface area contributed by atoms with Crippen molar-refractivity contribution in [1.82, 2.24) is 0 Å². The summed E-state index contributed by atoms with van der Waals surface area (Å²) in [6.45, 7) is 0. The number of benzene rings is 4. The molecule has 6 heteroatoms. The van der Waals surface area contributed by atoms with Crippen LogP contribution >= 0.6 is 0 Å². The van der Waals surface area contributed by atoms with Crippen molar-refractivity contribution in [3.8, 4) is 46.3 Å². The van der Waals surface area contributed by atoms with Gasteiger partial charge < -0.3 is 31.2 Å². The number of phenols is 2. The predicted molar refractivity (Wildman–Crippen MR) is 124 cm³/mol. The molecule has 0 bridgehead atoms. The maximum absolute atomic E-state index is 9.91. The van der Waals surface area contributed by atoms with E-state index in [-0.39, 0.29) is 22.9 Å². The Morgan fingerprint density at radius 1 is 0.562 bits per heavy atom. The smallest absolute Gasteiger partial charge is 0.171 e. The van der Waals surface area contributed by atoms with Crippen LogP contribution < -0.4 is 20.9 Å². The fourth-order valence-corrected chi connectivity index (χ4v) is 2.84. The van der Waals surface area contributed by atoms with Gasteiger partial charge in [0.05, 0.1) is 11.4 Å². The lowest BCUT2D eigenvalue weighted by Gasteiger charge is -2.14. The van der Waals surface area contributed by atoms with Crippen molar-refractivity contribution in [3.05, 3.63) is 96.1 Å². The first-order chi connectivity index (χ1) is 15.5. The lowest BCUT2D eigenvalue weighted by atomic mass is 10.1. The van der Waals surface area contributed by atoms with Crippen LogP contribution in [0.1, 0.15) is 11.1 Å². The maximum Gasteiger partial charge on any atom is 0.171 e. The number of nitrogens with two attached hydrogens (primary N) is 2. The zero-order valence-corrected chi connectivity index (χ0v) is 16.9. The number of hydrogen-bond acceptors (Lipinski definition) is 6. The Morgan fingerprint density at radius 2 is 1.12 bits per heavy atom. The van der Waals surface area contributed by atoms with Gasteiger partial charge in [-0.25, -0.2) is 0 Å². The van der Waals surface area contributed by atoms with E-state index in [0.717, 1.165) is 5.56 Å². The highest BCUT2D eigenvalue weighted by Gasteiger charge is 2.11. The quantitative estimate of drug-likeness (QED) is 0.202. The van der Waals surface area contributed by atoms with Gasteiger partial charge >= 0.3 is 0 Å². The van der Waals surface area contributed by atoms with Crippen LogP contribution in [0.15, 0.2) is 84.9 Å². The molecule has 6 N–H and O–H groups in total. The lowest BCUT2D eigenvalue weighted by Crippen LogP contribution is -1.93. The molecule has 0 unspecified atom stereocenters. The van der Waals surface area contributed by atoms with Gasteiger partial charge in [-0.3, -0.25) is 0 Å². The third-order valence-electron chi connectivity index (χ3n) is 4.53. The third kappa shape index (κ3) is 4.86. The summed E-state index contributed by atoms with van der Waals surface area (Å²) in [4.78, 5) is 0. The second kappa shape index (κ2) is 8.94. The van der Waals surface area contributed by atoms with Crippen molar-refractivity contribution in [3.63, 3.8) is 0 Å². The van der Waals surface area contributed by atoms with Crippen LogP contribution in [0, 0.1) is 11.8 Å². The Labute approximate surface area is 185 Å². The Hall–Kier alpha value is -4.76. The zero-order valence-electron chi connectivity index (χ0n) is 16.9. The lowest BCUT2D eigenvalue weighted by molar-refractivity contribution is 0.411. The van der Waals surface area contributed by atoms with Crippen LogP contribution in [0.2, 0.25) is 0 Å². The number of nitrogen functional groups attached to an aromatic ring is 2. The molecule has 0 aromatic heterocycles. The fraction of sp³-hybridized carbons (Fsp3) is 0. The summed E-state index contributed by atoms with van der Waals surface area (Å²) < 4.78 is 11.9. The number of ether oxygens (including phenoxy) is 2. The molecule has 4 aromatic carbocycles. The average molecular weight is 424 g/mol. The molecule has 0 aliphatic carbocycles. The van der Waals surface area contributed by atoms with Gasteiger partial charge in [0, 0.05) is 29.3 Å². The Morgan fingerprint density at radius 3 is 1.72 bits per heavy atom.